The van der Waals surface area contributed by atoms with E-state index in [1.165, 1.54) is 0 Å². The van der Waals surface area contributed by atoms with Crippen molar-refractivity contribution in [3.05, 3.63) is 10.4 Å². The second-order valence-corrected chi connectivity index (χ2v) is 8.40. The number of azide groups is 1. The lowest BCUT2D eigenvalue weighted by Crippen LogP contribution is -2.50. The standard InChI is InChI=1S/C18H32N6O6S/c19-23-20-5-7-28-9-11-30-12-10-29-8-6-21-24-17-14(22-18(24)27)13-31-15(17)3-1-2-4-16(25)26/h14-15,17,21H,1-13H2,(H,22,27)(H,25,26)/t14-,15-,17-/m1/s1. The molecule has 2 rings (SSSR count). The van der Waals surface area contributed by atoms with Crippen molar-refractivity contribution >= 4 is 23.8 Å². The number of carboxylic acids is 1. The summed E-state index contributed by atoms with van der Waals surface area (Å²) in [4.78, 5) is 25.6. The van der Waals surface area contributed by atoms with Crippen molar-refractivity contribution in [2.45, 2.75) is 43.0 Å². The fraction of sp³-hybridized carbons (Fsp3) is 0.889. The van der Waals surface area contributed by atoms with Gasteiger partial charge in [-0.1, -0.05) is 11.5 Å². The van der Waals surface area contributed by atoms with Crippen molar-refractivity contribution < 1.29 is 28.9 Å². The third kappa shape index (κ3) is 9.50. The van der Waals surface area contributed by atoms with Gasteiger partial charge < -0.3 is 24.6 Å². The van der Waals surface area contributed by atoms with Gasteiger partial charge in [-0.3, -0.25) is 9.80 Å². The molecule has 2 aliphatic heterocycles. The normalized spacial score (nSPS) is 22.3. The first-order valence-corrected chi connectivity index (χ1v) is 11.6. The largest absolute Gasteiger partial charge is 0.481 e. The number of unbranched alkanes of at least 4 members (excludes halogenated alkanes) is 1. The number of amides is 2. The maximum atomic E-state index is 12.3. The molecule has 0 radical (unpaired) electrons. The summed E-state index contributed by atoms with van der Waals surface area (Å²) in [6.45, 7) is 3.42. The Hall–Kier alpha value is -1.76. The number of hydrogen-bond acceptors (Lipinski definition) is 8. The maximum Gasteiger partial charge on any atom is 0.332 e. The number of ether oxygens (including phenoxy) is 3. The molecule has 0 aromatic rings. The number of fused-ring (bicyclic) bond motifs is 1. The van der Waals surface area contributed by atoms with Gasteiger partial charge in [0, 0.05) is 35.4 Å². The van der Waals surface area contributed by atoms with Crippen LogP contribution in [0.1, 0.15) is 25.7 Å². The van der Waals surface area contributed by atoms with Crippen LogP contribution in [0.25, 0.3) is 10.4 Å². The molecule has 176 valence electrons. The van der Waals surface area contributed by atoms with Gasteiger partial charge in [-0.2, -0.15) is 11.8 Å². The van der Waals surface area contributed by atoms with E-state index in [1.807, 2.05) is 11.8 Å². The lowest BCUT2D eigenvalue weighted by Gasteiger charge is -2.27. The number of carboxylic acid groups (broad SMARTS) is 1. The Labute approximate surface area is 185 Å². The van der Waals surface area contributed by atoms with Gasteiger partial charge in [-0.05, 0) is 18.4 Å². The first-order valence-electron chi connectivity index (χ1n) is 10.5. The summed E-state index contributed by atoms with van der Waals surface area (Å²) in [7, 11) is 0. The van der Waals surface area contributed by atoms with Crippen LogP contribution in [0, 0.1) is 0 Å². The Morgan fingerprint density at radius 3 is 2.65 bits per heavy atom. The summed E-state index contributed by atoms with van der Waals surface area (Å²) in [6, 6.07) is 0.0804. The van der Waals surface area contributed by atoms with E-state index in [1.54, 1.807) is 5.01 Å². The highest BCUT2D eigenvalue weighted by atomic mass is 32.2. The Kier molecular flexibility index (Phi) is 12.4. The number of nitrogens with zero attached hydrogens (tertiary/aromatic N) is 4. The monoisotopic (exact) mass is 460 g/mol. The Bertz CT molecular complexity index is 608. The highest BCUT2D eigenvalue weighted by molar-refractivity contribution is 8.00. The third-order valence-corrected chi connectivity index (χ3v) is 6.40. The Balaban J connectivity index is 1.52. The van der Waals surface area contributed by atoms with E-state index in [4.69, 9.17) is 24.8 Å². The summed E-state index contributed by atoms with van der Waals surface area (Å²) < 4.78 is 16.1. The molecule has 3 N–H and O–H groups in total. The van der Waals surface area contributed by atoms with Gasteiger partial charge in [0.1, 0.15) is 0 Å². The summed E-state index contributed by atoms with van der Waals surface area (Å²) in [5.74, 6) is 0.111. The number of carbonyl (C=O) groups excluding carboxylic acids is 1. The molecular weight excluding hydrogens is 428 g/mol. The Morgan fingerprint density at radius 2 is 1.94 bits per heavy atom. The average Bonchev–Trinajstić information content (AvgIpc) is 3.27. The van der Waals surface area contributed by atoms with Gasteiger partial charge in [0.15, 0.2) is 0 Å². The fourth-order valence-corrected chi connectivity index (χ4v) is 5.08. The topological polar surface area (TPSA) is 158 Å². The number of nitrogens with one attached hydrogen (secondary N) is 2. The summed E-state index contributed by atoms with van der Waals surface area (Å²) in [5, 5.41) is 17.1. The number of thioether (sulfide) groups is 1. The van der Waals surface area contributed by atoms with Gasteiger partial charge in [0.2, 0.25) is 0 Å². The lowest BCUT2D eigenvalue weighted by molar-refractivity contribution is -0.137. The SMILES string of the molecule is [N-]=[N+]=NCCOCCOCCOCCNN1C(=O)N[C@@H]2CS[C@H](CCCCC(=O)O)[C@@H]21. The highest BCUT2D eigenvalue weighted by Gasteiger charge is 2.48. The van der Waals surface area contributed by atoms with E-state index >= 15 is 0 Å². The van der Waals surface area contributed by atoms with E-state index in [0.29, 0.717) is 64.4 Å². The van der Waals surface area contributed by atoms with Crippen molar-refractivity contribution in [3.63, 3.8) is 0 Å². The average molecular weight is 461 g/mol. The predicted molar refractivity (Wildman–Crippen MR) is 115 cm³/mol. The number of carbonyl (C=O) groups is 2. The minimum Gasteiger partial charge on any atom is -0.481 e. The van der Waals surface area contributed by atoms with Crippen LogP contribution in [-0.4, -0.2) is 97.9 Å². The molecule has 2 aliphatic rings. The van der Waals surface area contributed by atoms with Gasteiger partial charge in [0.05, 0.1) is 51.7 Å². The third-order valence-electron chi connectivity index (χ3n) is 4.91. The molecule has 2 amide bonds. The van der Waals surface area contributed by atoms with Crippen LogP contribution >= 0.6 is 11.8 Å². The van der Waals surface area contributed by atoms with E-state index in [-0.39, 0.29) is 24.5 Å². The number of rotatable bonds is 18. The number of aliphatic carboxylic acids is 1. The molecule has 0 saturated carbocycles. The maximum absolute atomic E-state index is 12.3. The van der Waals surface area contributed by atoms with Crippen LogP contribution in [0.4, 0.5) is 4.79 Å². The van der Waals surface area contributed by atoms with Crippen molar-refractivity contribution in [1.82, 2.24) is 15.8 Å². The molecular formula is C18H32N6O6S. The van der Waals surface area contributed by atoms with Crippen molar-refractivity contribution in [2.75, 3.05) is 58.5 Å². The highest BCUT2D eigenvalue weighted by Crippen LogP contribution is 2.36. The van der Waals surface area contributed by atoms with E-state index in [9.17, 15) is 9.59 Å². The minimum absolute atomic E-state index is 0.0736. The number of hydrazine groups is 1. The molecule has 2 fully saturated rings. The summed E-state index contributed by atoms with van der Waals surface area (Å²) in [5.41, 5.74) is 11.3. The second-order valence-electron chi connectivity index (χ2n) is 7.13. The van der Waals surface area contributed by atoms with Crippen LogP contribution in [0.2, 0.25) is 0 Å². The molecule has 2 saturated heterocycles. The molecule has 0 aromatic heterocycles. The second kappa shape index (κ2) is 15.1. The van der Waals surface area contributed by atoms with Crippen LogP contribution in [0.3, 0.4) is 0 Å². The molecule has 0 aromatic carbocycles. The van der Waals surface area contributed by atoms with E-state index < -0.39 is 5.97 Å². The fourth-order valence-electron chi connectivity index (χ4n) is 3.50. The lowest BCUT2D eigenvalue weighted by atomic mass is 10.0. The minimum atomic E-state index is -0.765. The molecule has 2 heterocycles. The summed E-state index contributed by atoms with van der Waals surface area (Å²) in [6.07, 6.45) is 2.60. The van der Waals surface area contributed by atoms with Gasteiger partial charge in [0.25, 0.3) is 0 Å². The zero-order chi connectivity index (χ0) is 22.3. The molecule has 0 bridgehead atoms. The van der Waals surface area contributed by atoms with Crippen molar-refractivity contribution in [1.29, 1.82) is 0 Å². The molecule has 0 unspecified atom stereocenters. The molecule has 0 spiro atoms. The molecule has 0 aliphatic carbocycles. The zero-order valence-corrected chi connectivity index (χ0v) is 18.4. The van der Waals surface area contributed by atoms with Gasteiger partial charge in [-0.25, -0.2) is 10.2 Å². The van der Waals surface area contributed by atoms with Crippen LogP contribution in [0.5, 0.6) is 0 Å². The molecule has 13 heteroatoms. The first kappa shape index (κ1) is 25.5. The van der Waals surface area contributed by atoms with E-state index in [0.717, 1.165) is 18.6 Å². The van der Waals surface area contributed by atoms with Crippen LogP contribution < -0.4 is 10.7 Å². The van der Waals surface area contributed by atoms with Crippen LogP contribution in [0.15, 0.2) is 5.11 Å². The molecule has 3 atom stereocenters. The Morgan fingerprint density at radius 1 is 1.23 bits per heavy atom. The molecule has 31 heavy (non-hydrogen) atoms. The quantitative estimate of drug-likeness (QED) is 0.0909. The van der Waals surface area contributed by atoms with Crippen LogP contribution in [-0.2, 0) is 19.0 Å². The smallest absolute Gasteiger partial charge is 0.332 e. The van der Waals surface area contributed by atoms with Gasteiger partial charge in [-0.15, -0.1) is 0 Å². The predicted octanol–water partition coefficient (Wildman–Crippen LogP) is 1.37. The summed E-state index contributed by atoms with van der Waals surface area (Å²) >= 11 is 1.84. The zero-order valence-electron chi connectivity index (χ0n) is 17.6. The van der Waals surface area contributed by atoms with Crippen molar-refractivity contribution in [3.8, 4) is 0 Å². The van der Waals surface area contributed by atoms with Gasteiger partial charge >= 0.3 is 12.0 Å². The number of urea groups is 1. The van der Waals surface area contributed by atoms with E-state index in [2.05, 4.69) is 20.8 Å². The number of hydrogen-bond donors (Lipinski definition) is 3. The molecule has 12 nitrogen and oxygen atoms in total. The van der Waals surface area contributed by atoms with Crippen molar-refractivity contribution in [2.24, 2.45) is 5.11 Å². The first-order chi connectivity index (χ1) is 15.1.